The molecule has 25 heavy (non-hydrogen) atoms. The van der Waals surface area contributed by atoms with Crippen molar-refractivity contribution in [3.8, 4) is 0 Å². The summed E-state index contributed by atoms with van der Waals surface area (Å²) in [6, 6.07) is 6.01. The Morgan fingerprint density at radius 1 is 1.16 bits per heavy atom. The zero-order valence-corrected chi connectivity index (χ0v) is 14.4. The Balaban J connectivity index is 1.62. The van der Waals surface area contributed by atoms with Gasteiger partial charge in [0.05, 0.1) is 5.56 Å². The minimum Gasteiger partial charge on any atom is -0.369 e. The van der Waals surface area contributed by atoms with Crippen molar-refractivity contribution in [2.45, 2.75) is 24.2 Å². The summed E-state index contributed by atoms with van der Waals surface area (Å²) in [5.74, 6) is -1.42. The van der Waals surface area contributed by atoms with Crippen LogP contribution in [0.1, 0.15) is 29.6 Å². The van der Waals surface area contributed by atoms with Crippen LogP contribution in [-0.2, 0) is 19.6 Å². The first-order chi connectivity index (χ1) is 11.8. The number of carbonyl (C=O) groups excluding carboxylic acids is 3. The SMILES string of the molecule is NC(=O)C1CCN(C(=O)CCN2C(=O)c3ccccc3S2(=O)=O)CC1. The number of primary amides is 1. The quantitative estimate of drug-likeness (QED) is 0.802. The summed E-state index contributed by atoms with van der Waals surface area (Å²) < 4.78 is 25.6. The van der Waals surface area contributed by atoms with Crippen LogP contribution in [0.25, 0.3) is 0 Å². The molecule has 1 saturated heterocycles. The van der Waals surface area contributed by atoms with Gasteiger partial charge in [-0.15, -0.1) is 0 Å². The number of likely N-dealkylation sites (tertiary alicyclic amines) is 1. The van der Waals surface area contributed by atoms with Gasteiger partial charge < -0.3 is 10.6 Å². The minimum absolute atomic E-state index is 0.0188. The van der Waals surface area contributed by atoms with Gasteiger partial charge in [-0.25, -0.2) is 12.7 Å². The number of sulfonamides is 1. The van der Waals surface area contributed by atoms with Crippen LogP contribution in [0.2, 0.25) is 0 Å². The van der Waals surface area contributed by atoms with Gasteiger partial charge in [-0.3, -0.25) is 14.4 Å². The Bertz CT molecular complexity index is 828. The first-order valence-corrected chi connectivity index (χ1v) is 9.49. The monoisotopic (exact) mass is 365 g/mol. The van der Waals surface area contributed by atoms with Gasteiger partial charge in [0.2, 0.25) is 11.8 Å². The van der Waals surface area contributed by atoms with Crippen LogP contribution >= 0.6 is 0 Å². The molecule has 8 nitrogen and oxygen atoms in total. The van der Waals surface area contributed by atoms with E-state index in [0.717, 1.165) is 4.31 Å². The van der Waals surface area contributed by atoms with Crippen molar-refractivity contribution in [3.05, 3.63) is 29.8 Å². The van der Waals surface area contributed by atoms with Crippen molar-refractivity contribution < 1.29 is 22.8 Å². The van der Waals surface area contributed by atoms with E-state index in [1.165, 1.54) is 12.1 Å². The summed E-state index contributed by atoms with van der Waals surface area (Å²) in [7, 11) is -3.89. The van der Waals surface area contributed by atoms with Gasteiger partial charge in [-0.05, 0) is 25.0 Å². The van der Waals surface area contributed by atoms with E-state index >= 15 is 0 Å². The molecule has 3 rings (SSSR count). The molecule has 2 aliphatic rings. The molecule has 9 heteroatoms. The summed E-state index contributed by atoms with van der Waals surface area (Å²) in [5.41, 5.74) is 5.40. The van der Waals surface area contributed by atoms with Crippen LogP contribution in [0.4, 0.5) is 0 Å². The van der Waals surface area contributed by atoms with Gasteiger partial charge in [0.25, 0.3) is 15.9 Å². The molecule has 1 aromatic rings. The predicted octanol–water partition coefficient (Wildman–Crippen LogP) is -0.0549. The van der Waals surface area contributed by atoms with Gasteiger partial charge in [0.1, 0.15) is 4.90 Å². The van der Waals surface area contributed by atoms with Crippen LogP contribution in [0.3, 0.4) is 0 Å². The molecule has 134 valence electrons. The smallest absolute Gasteiger partial charge is 0.269 e. The molecule has 0 unspecified atom stereocenters. The predicted molar refractivity (Wildman–Crippen MR) is 87.8 cm³/mol. The van der Waals surface area contributed by atoms with Gasteiger partial charge >= 0.3 is 0 Å². The maximum Gasteiger partial charge on any atom is 0.269 e. The highest BCUT2D eigenvalue weighted by atomic mass is 32.2. The van der Waals surface area contributed by atoms with Gasteiger partial charge in [-0.1, -0.05) is 12.1 Å². The lowest BCUT2D eigenvalue weighted by molar-refractivity contribution is -0.134. The molecule has 3 amide bonds. The Kier molecular flexibility index (Phi) is 4.51. The van der Waals surface area contributed by atoms with E-state index in [-0.39, 0.29) is 41.2 Å². The second-order valence-electron chi connectivity index (χ2n) is 6.19. The molecule has 2 heterocycles. The second kappa shape index (κ2) is 6.47. The molecule has 0 spiro atoms. The number of amides is 3. The van der Waals surface area contributed by atoms with Gasteiger partial charge in [0, 0.05) is 32.0 Å². The van der Waals surface area contributed by atoms with Crippen molar-refractivity contribution >= 4 is 27.7 Å². The maximum atomic E-state index is 12.4. The molecular weight excluding hydrogens is 346 g/mol. The summed E-state index contributed by atoms with van der Waals surface area (Å²) in [5, 5.41) is 0. The number of rotatable bonds is 4. The summed E-state index contributed by atoms with van der Waals surface area (Å²) >= 11 is 0. The molecule has 0 saturated carbocycles. The zero-order valence-electron chi connectivity index (χ0n) is 13.6. The lowest BCUT2D eigenvalue weighted by Crippen LogP contribution is -2.43. The van der Waals surface area contributed by atoms with Crippen LogP contribution in [-0.4, -0.2) is 55.0 Å². The Hall–Kier alpha value is -2.42. The molecule has 2 aliphatic heterocycles. The molecule has 0 aliphatic carbocycles. The van der Waals surface area contributed by atoms with E-state index in [2.05, 4.69) is 0 Å². The maximum absolute atomic E-state index is 12.4. The lowest BCUT2D eigenvalue weighted by atomic mass is 9.96. The number of piperidine rings is 1. The Labute approximate surface area is 145 Å². The minimum atomic E-state index is -3.89. The van der Waals surface area contributed by atoms with Gasteiger partial charge in [0.15, 0.2) is 0 Å². The largest absolute Gasteiger partial charge is 0.369 e. The second-order valence-corrected chi connectivity index (χ2v) is 8.02. The van der Waals surface area contributed by atoms with Crippen LogP contribution < -0.4 is 5.73 Å². The Morgan fingerprint density at radius 2 is 1.80 bits per heavy atom. The molecule has 2 N–H and O–H groups in total. The van der Waals surface area contributed by atoms with Crippen LogP contribution in [0.5, 0.6) is 0 Å². The molecule has 0 atom stereocenters. The van der Waals surface area contributed by atoms with Crippen molar-refractivity contribution in [1.82, 2.24) is 9.21 Å². The Morgan fingerprint density at radius 3 is 2.40 bits per heavy atom. The number of nitrogens with two attached hydrogens (primary N) is 1. The molecule has 1 aromatic carbocycles. The zero-order chi connectivity index (χ0) is 18.2. The topological polar surface area (TPSA) is 118 Å². The van der Waals surface area contributed by atoms with Crippen LogP contribution in [0, 0.1) is 5.92 Å². The van der Waals surface area contributed by atoms with Crippen molar-refractivity contribution in [1.29, 1.82) is 0 Å². The third-order valence-corrected chi connectivity index (χ3v) is 6.53. The number of fused-ring (bicyclic) bond motifs is 1. The highest BCUT2D eigenvalue weighted by molar-refractivity contribution is 7.90. The first-order valence-electron chi connectivity index (χ1n) is 8.05. The number of hydrogen-bond acceptors (Lipinski definition) is 5. The number of hydrogen-bond donors (Lipinski definition) is 1. The molecule has 0 radical (unpaired) electrons. The third-order valence-electron chi connectivity index (χ3n) is 4.69. The summed E-state index contributed by atoms with van der Waals surface area (Å²) in [6.45, 7) is 0.630. The normalized spacial score (nSPS) is 19.8. The lowest BCUT2D eigenvalue weighted by Gasteiger charge is -2.31. The first kappa shape index (κ1) is 17.4. The molecule has 0 aromatic heterocycles. The number of benzene rings is 1. The van der Waals surface area contributed by atoms with E-state index in [0.29, 0.717) is 25.9 Å². The average molecular weight is 365 g/mol. The van der Waals surface area contributed by atoms with E-state index in [9.17, 15) is 22.8 Å². The highest BCUT2D eigenvalue weighted by Crippen LogP contribution is 2.30. The summed E-state index contributed by atoms with van der Waals surface area (Å²) in [4.78, 5) is 37.3. The van der Waals surface area contributed by atoms with E-state index < -0.39 is 15.9 Å². The fraction of sp³-hybridized carbons (Fsp3) is 0.438. The molecule has 1 fully saturated rings. The molecule has 0 bridgehead atoms. The standard InChI is InChI=1S/C16H19N3O5S/c17-15(21)11-5-8-18(9-6-11)14(20)7-10-19-16(22)12-3-1-2-4-13(12)25(19,23)24/h1-4,11H,5-10H2,(H2,17,21). The van der Waals surface area contributed by atoms with Crippen molar-refractivity contribution in [2.24, 2.45) is 11.7 Å². The van der Waals surface area contributed by atoms with Crippen molar-refractivity contribution in [3.63, 3.8) is 0 Å². The van der Waals surface area contributed by atoms with Gasteiger partial charge in [-0.2, -0.15) is 0 Å². The number of carbonyl (C=O) groups is 3. The highest BCUT2D eigenvalue weighted by Gasteiger charge is 2.41. The van der Waals surface area contributed by atoms with E-state index in [4.69, 9.17) is 5.73 Å². The average Bonchev–Trinajstić information content (AvgIpc) is 2.80. The van der Waals surface area contributed by atoms with E-state index in [1.54, 1.807) is 17.0 Å². The number of nitrogens with zero attached hydrogens (tertiary/aromatic N) is 2. The third kappa shape index (κ3) is 3.11. The summed E-state index contributed by atoms with van der Waals surface area (Å²) in [6.07, 6.45) is 0.932. The fourth-order valence-electron chi connectivity index (χ4n) is 3.22. The van der Waals surface area contributed by atoms with Crippen LogP contribution in [0.15, 0.2) is 29.2 Å². The molecular formula is C16H19N3O5S. The van der Waals surface area contributed by atoms with E-state index in [1.807, 2.05) is 0 Å². The van der Waals surface area contributed by atoms with Crippen molar-refractivity contribution in [2.75, 3.05) is 19.6 Å². The fourth-order valence-corrected chi connectivity index (χ4v) is 4.79.